The lowest BCUT2D eigenvalue weighted by Gasteiger charge is -2.16. The number of hydrogen-bond acceptors (Lipinski definition) is 5. The van der Waals surface area contributed by atoms with Gasteiger partial charge in [-0.15, -0.1) is 0 Å². The summed E-state index contributed by atoms with van der Waals surface area (Å²) in [5.41, 5.74) is 1.49. The van der Waals surface area contributed by atoms with Crippen LogP contribution in [0.3, 0.4) is 0 Å². The monoisotopic (exact) mass is 407 g/mol. The zero-order chi connectivity index (χ0) is 20.5. The maximum absolute atomic E-state index is 12.9. The lowest BCUT2D eigenvalue weighted by Crippen LogP contribution is -2.32. The van der Waals surface area contributed by atoms with Gasteiger partial charge < -0.3 is 0 Å². The lowest BCUT2D eigenvalue weighted by molar-refractivity contribution is 0.0664. The van der Waals surface area contributed by atoms with Crippen LogP contribution >= 0.6 is 11.8 Å². The van der Waals surface area contributed by atoms with Gasteiger partial charge in [-0.3, -0.25) is 23.9 Å². The van der Waals surface area contributed by atoms with Crippen molar-refractivity contribution in [3.63, 3.8) is 0 Å². The molecular weight excluding hydrogens is 386 g/mol. The summed E-state index contributed by atoms with van der Waals surface area (Å²) in [6.07, 6.45) is 0. The van der Waals surface area contributed by atoms with Gasteiger partial charge in [-0.1, -0.05) is 49.9 Å². The molecule has 2 amide bonds. The number of benzene rings is 2. The van der Waals surface area contributed by atoms with E-state index in [4.69, 9.17) is 0 Å². The summed E-state index contributed by atoms with van der Waals surface area (Å²) in [7, 11) is 0. The number of aromatic nitrogens is 2. The number of fused-ring (bicyclic) bond motifs is 2. The van der Waals surface area contributed by atoms with Crippen molar-refractivity contribution in [1.29, 1.82) is 0 Å². The van der Waals surface area contributed by atoms with Crippen molar-refractivity contribution in [2.24, 2.45) is 5.92 Å². The summed E-state index contributed by atoms with van der Waals surface area (Å²) < 4.78 is 1.69. The highest BCUT2D eigenvalue weighted by molar-refractivity contribution is 7.99. The highest BCUT2D eigenvalue weighted by atomic mass is 32.2. The van der Waals surface area contributed by atoms with Crippen LogP contribution in [0.4, 0.5) is 0 Å². The highest BCUT2D eigenvalue weighted by Gasteiger charge is 2.34. The van der Waals surface area contributed by atoms with Crippen LogP contribution in [0.1, 0.15) is 34.6 Å². The molecule has 0 atom stereocenters. The molecule has 1 aromatic heterocycles. The van der Waals surface area contributed by atoms with Crippen LogP contribution in [-0.4, -0.2) is 38.6 Å². The van der Waals surface area contributed by atoms with Crippen LogP contribution in [0, 0.1) is 5.92 Å². The molecule has 2 heterocycles. The molecule has 2 aromatic carbocycles. The van der Waals surface area contributed by atoms with E-state index in [1.807, 2.05) is 18.2 Å². The Balaban J connectivity index is 1.56. The molecule has 0 spiro atoms. The van der Waals surface area contributed by atoms with E-state index in [0.29, 0.717) is 39.5 Å². The lowest BCUT2D eigenvalue weighted by atomic mass is 10.1. The minimum Gasteiger partial charge on any atom is -0.287 e. The Kier molecular flexibility index (Phi) is 5.24. The summed E-state index contributed by atoms with van der Waals surface area (Å²) >= 11 is 1.39. The standard InChI is InChI=1S/C22H21N3O3S/c1-14(2)13-25-21(28)17-9-5-6-10-18(17)23-22(25)29-12-11-24-19(26)15-7-3-4-8-16(15)20(24)27/h3-10,14H,11-13H2,1-2H3. The van der Waals surface area contributed by atoms with E-state index >= 15 is 0 Å². The summed E-state index contributed by atoms with van der Waals surface area (Å²) in [6, 6.07) is 14.2. The highest BCUT2D eigenvalue weighted by Crippen LogP contribution is 2.24. The number of para-hydroxylation sites is 1. The maximum Gasteiger partial charge on any atom is 0.262 e. The molecule has 7 heteroatoms. The van der Waals surface area contributed by atoms with Crippen molar-refractivity contribution in [3.8, 4) is 0 Å². The predicted octanol–water partition coefficient (Wildman–Crippen LogP) is 3.44. The maximum atomic E-state index is 12.9. The minimum absolute atomic E-state index is 0.0625. The number of rotatable bonds is 6. The number of carbonyl (C=O) groups is 2. The van der Waals surface area contributed by atoms with E-state index in [0.717, 1.165) is 0 Å². The third-order valence-electron chi connectivity index (χ3n) is 4.80. The zero-order valence-corrected chi connectivity index (χ0v) is 17.1. The molecule has 0 saturated heterocycles. The summed E-state index contributed by atoms with van der Waals surface area (Å²) in [5.74, 6) is 0.217. The Hall–Kier alpha value is -2.93. The van der Waals surface area contributed by atoms with E-state index in [2.05, 4.69) is 18.8 Å². The molecule has 0 N–H and O–H groups in total. The zero-order valence-electron chi connectivity index (χ0n) is 16.3. The number of nitrogens with zero attached hydrogens (tertiary/aromatic N) is 3. The first-order valence-corrected chi connectivity index (χ1v) is 10.5. The average molecular weight is 407 g/mol. The molecule has 0 fully saturated rings. The predicted molar refractivity (Wildman–Crippen MR) is 113 cm³/mol. The molecule has 4 rings (SSSR count). The topological polar surface area (TPSA) is 72.3 Å². The largest absolute Gasteiger partial charge is 0.287 e. The Morgan fingerprint density at radius 1 is 0.931 bits per heavy atom. The van der Waals surface area contributed by atoms with Crippen LogP contribution in [-0.2, 0) is 6.54 Å². The second kappa shape index (κ2) is 7.83. The Labute approximate surface area is 172 Å². The van der Waals surface area contributed by atoms with Gasteiger partial charge in [0.15, 0.2) is 5.16 Å². The number of thioether (sulfide) groups is 1. The number of amides is 2. The van der Waals surface area contributed by atoms with Gasteiger partial charge in [0, 0.05) is 18.8 Å². The number of imide groups is 1. The fraction of sp³-hybridized carbons (Fsp3) is 0.273. The van der Waals surface area contributed by atoms with Gasteiger partial charge in [-0.25, -0.2) is 4.98 Å². The number of hydrogen-bond donors (Lipinski definition) is 0. The van der Waals surface area contributed by atoms with Gasteiger partial charge in [-0.2, -0.15) is 0 Å². The van der Waals surface area contributed by atoms with Crippen molar-refractivity contribution in [2.45, 2.75) is 25.5 Å². The van der Waals surface area contributed by atoms with Crippen LogP contribution in [0.5, 0.6) is 0 Å². The molecule has 148 valence electrons. The molecule has 0 saturated carbocycles. The third kappa shape index (κ3) is 3.58. The summed E-state index contributed by atoms with van der Waals surface area (Å²) in [6.45, 7) is 4.93. The summed E-state index contributed by atoms with van der Waals surface area (Å²) in [5, 5.41) is 1.21. The van der Waals surface area contributed by atoms with Crippen LogP contribution < -0.4 is 5.56 Å². The quantitative estimate of drug-likeness (QED) is 0.356. The Morgan fingerprint density at radius 3 is 2.21 bits per heavy atom. The molecule has 0 aliphatic carbocycles. The minimum atomic E-state index is -0.266. The van der Waals surface area contributed by atoms with Gasteiger partial charge in [0.2, 0.25) is 0 Å². The molecule has 0 radical (unpaired) electrons. The first-order chi connectivity index (χ1) is 14.0. The molecule has 29 heavy (non-hydrogen) atoms. The van der Waals surface area contributed by atoms with Gasteiger partial charge in [0.25, 0.3) is 17.4 Å². The first-order valence-electron chi connectivity index (χ1n) is 9.55. The SMILES string of the molecule is CC(C)Cn1c(SCCN2C(=O)c3ccccc3C2=O)nc2ccccc2c1=O. The van der Waals surface area contributed by atoms with E-state index in [1.165, 1.54) is 16.7 Å². The van der Waals surface area contributed by atoms with Gasteiger partial charge in [-0.05, 0) is 30.2 Å². The fourth-order valence-corrected chi connectivity index (χ4v) is 4.39. The van der Waals surface area contributed by atoms with Gasteiger partial charge in [0.1, 0.15) is 0 Å². The van der Waals surface area contributed by atoms with Crippen molar-refractivity contribution >= 4 is 34.5 Å². The van der Waals surface area contributed by atoms with Crippen molar-refractivity contribution in [1.82, 2.24) is 14.5 Å². The molecule has 1 aliphatic heterocycles. The van der Waals surface area contributed by atoms with Crippen LogP contribution in [0.2, 0.25) is 0 Å². The van der Waals surface area contributed by atoms with E-state index < -0.39 is 0 Å². The van der Waals surface area contributed by atoms with E-state index in [1.54, 1.807) is 34.9 Å². The van der Waals surface area contributed by atoms with E-state index in [9.17, 15) is 14.4 Å². The Morgan fingerprint density at radius 2 is 1.55 bits per heavy atom. The second-order valence-corrected chi connectivity index (χ2v) is 8.44. The molecule has 6 nitrogen and oxygen atoms in total. The van der Waals surface area contributed by atoms with Crippen LogP contribution in [0.15, 0.2) is 58.5 Å². The van der Waals surface area contributed by atoms with Crippen molar-refractivity contribution in [3.05, 3.63) is 70.0 Å². The first kappa shape index (κ1) is 19.4. The number of carbonyl (C=O) groups excluding carboxylic acids is 2. The van der Waals surface area contributed by atoms with E-state index in [-0.39, 0.29) is 29.8 Å². The molecule has 0 bridgehead atoms. The van der Waals surface area contributed by atoms with Crippen molar-refractivity contribution in [2.75, 3.05) is 12.3 Å². The molecule has 1 aliphatic rings. The molecule has 3 aromatic rings. The molecular formula is C22H21N3O3S. The van der Waals surface area contributed by atoms with Crippen LogP contribution in [0.25, 0.3) is 10.9 Å². The van der Waals surface area contributed by atoms with Gasteiger partial charge >= 0.3 is 0 Å². The smallest absolute Gasteiger partial charge is 0.262 e. The molecule has 0 unspecified atom stereocenters. The fourth-order valence-electron chi connectivity index (χ4n) is 3.45. The van der Waals surface area contributed by atoms with Crippen molar-refractivity contribution < 1.29 is 9.59 Å². The normalized spacial score (nSPS) is 13.6. The Bertz CT molecular complexity index is 1130. The van der Waals surface area contributed by atoms with Gasteiger partial charge in [0.05, 0.1) is 22.0 Å². The third-order valence-corrected chi connectivity index (χ3v) is 5.76. The average Bonchev–Trinajstić information content (AvgIpc) is 2.95. The second-order valence-electron chi connectivity index (χ2n) is 7.38. The summed E-state index contributed by atoms with van der Waals surface area (Å²) in [4.78, 5) is 43.9.